The number of hydrogen-bond acceptors (Lipinski definition) is 4. The van der Waals surface area contributed by atoms with Crippen LogP contribution in [0.15, 0.2) is 24.0 Å². The zero-order valence-electron chi connectivity index (χ0n) is 7.28. The first-order valence-electron chi connectivity index (χ1n) is 3.95. The van der Waals surface area contributed by atoms with Crippen molar-refractivity contribution in [3.05, 3.63) is 24.0 Å². The summed E-state index contributed by atoms with van der Waals surface area (Å²) in [4.78, 5) is 21.7. The molecule has 1 aliphatic rings. The molecule has 0 saturated carbocycles. The normalized spacial score (nSPS) is 24.2. The number of rotatable bonds is 1. The van der Waals surface area contributed by atoms with Crippen LogP contribution in [0.4, 0.5) is 0 Å². The third-order valence-electron chi connectivity index (χ3n) is 1.55. The van der Waals surface area contributed by atoms with Crippen LogP contribution in [0.25, 0.3) is 0 Å². The number of ether oxygens (including phenoxy) is 2. The fourth-order valence-corrected chi connectivity index (χ4v) is 0.748. The van der Waals surface area contributed by atoms with Gasteiger partial charge in [-0.3, -0.25) is 0 Å². The van der Waals surface area contributed by atoms with E-state index in [2.05, 4.69) is 0 Å². The maximum atomic E-state index is 10.9. The highest BCUT2D eigenvalue weighted by Gasteiger charge is 2.06. The van der Waals surface area contributed by atoms with Crippen LogP contribution in [0.2, 0.25) is 0 Å². The highest BCUT2D eigenvalue weighted by molar-refractivity contribution is 5.92. The molecule has 0 N–H and O–H groups in total. The summed E-state index contributed by atoms with van der Waals surface area (Å²) >= 11 is 0. The molecule has 0 aromatic heterocycles. The van der Waals surface area contributed by atoms with Gasteiger partial charge in [-0.15, -0.1) is 0 Å². The van der Waals surface area contributed by atoms with Crippen molar-refractivity contribution in [1.82, 2.24) is 0 Å². The Bertz CT molecular complexity index is 275. The lowest BCUT2D eigenvalue weighted by atomic mass is 10.2. The summed E-state index contributed by atoms with van der Waals surface area (Å²) in [6.07, 6.45) is 4.10. The molecule has 4 heteroatoms. The first kappa shape index (κ1) is 9.51. The van der Waals surface area contributed by atoms with E-state index in [0.29, 0.717) is 6.42 Å². The minimum absolute atomic E-state index is 0.174. The Balaban J connectivity index is 2.74. The average molecular weight is 182 g/mol. The quantitative estimate of drug-likeness (QED) is 0.566. The van der Waals surface area contributed by atoms with Gasteiger partial charge in [-0.05, 0) is 6.42 Å². The summed E-state index contributed by atoms with van der Waals surface area (Å²) in [5, 5.41) is 0. The second-order valence-corrected chi connectivity index (χ2v) is 2.51. The fraction of sp³-hybridized carbons (Fsp3) is 0.333. The van der Waals surface area contributed by atoms with Crippen LogP contribution < -0.4 is 0 Å². The van der Waals surface area contributed by atoms with Crippen molar-refractivity contribution in [1.29, 1.82) is 0 Å². The minimum Gasteiger partial charge on any atom is -0.458 e. The molecule has 1 aliphatic heterocycles. The van der Waals surface area contributed by atoms with Crippen molar-refractivity contribution < 1.29 is 19.1 Å². The smallest absolute Gasteiger partial charge is 0.335 e. The second kappa shape index (κ2) is 4.45. The van der Waals surface area contributed by atoms with E-state index in [1.165, 1.54) is 6.26 Å². The van der Waals surface area contributed by atoms with Gasteiger partial charge in [0.25, 0.3) is 0 Å². The van der Waals surface area contributed by atoms with Crippen molar-refractivity contribution in [2.45, 2.75) is 13.3 Å². The maximum absolute atomic E-state index is 10.9. The third kappa shape index (κ3) is 3.11. The zero-order valence-corrected chi connectivity index (χ0v) is 7.28. The van der Waals surface area contributed by atoms with Gasteiger partial charge in [0.15, 0.2) is 0 Å². The molecular formula is C9H10O4. The summed E-state index contributed by atoms with van der Waals surface area (Å²) in [6, 6.07) is 0. The molecule has 0 spiro atoms. The molecule has 0 atom stereocenters. The van der Waals surface area contributed by atoms with Crippen LogP contribution in [0.1, 0.15) is 13.3 Å². The van der Waals surface area contributed by atoms with Crippen LogP contribution in [0.5, 0.6) is 0 Å². The summed E-state index contributed by atoms with van der Waals surface area (Å²) in [5.74, 6) is -1.09. The lowest BCUT2D eigenvalue weighted by Gasteiger charge is -2.02. The van der Waals surface area contributed by atoms with Crippen molar-refractivity contribution in [2.24, 2.45) is 0 Å². The molecule has 0 aromatic rings. The predicted octanol–water partition coefficient (Wildman–Crippen LogP) is 0.936. The van der Waals surface area contributed by atoms with Gasteiger partial charge >= 0.3 is 11.9 Å². The molecule has 0 radical (unpaired) electrons. The number of cyclic esters (lactones) is 2. The highest BCUT2D eigenvalue weighted by Crippen LogP contribution is 2.04. The largest absolute Gasteiger partial charge is 0.458 e. The zero-order chi connectivity index (χ0) is 9.68. The van der Waals surface area contributed by atoms with Crippen molar-refractivity contribution in [2.75, 3.05) is 6.61 Å². The summed E-state index contributed by atoms with van der Waals surface area (Å²) in [5.41, 5.74) is 0.769. The second-order valence-electron chi connectivity index (χ2n) is 2.51. The number of hydrogen-bond donors (Lipinski definition) is 0. The van der Waals surface area contributed by atoms with Gasteiger partial charge in [-0.1, -0.05) is 6.92 Å². The Hall–Kier alpha value is -1.58. The summed E-state index contributed by atoms with van der Waals surface area (Å²) in [7, 11) is 0. The Morgan fingerprint density at radius 2 is 2.00 bits per heavy atom. The van der Waals surface area contributed by atoms with E-state index in [-0.39, 0.29) is 6.61 Å². The average Bonchev–Trinajstić information content (AvgIpc) is 2.20. The first-order chi connectivity index (χ1) is 6.22. The standard InChI is InChI=1S/C9H10O4/c1-2-7-5-12-8(10)3-4-9(11)13-6-7/h3-5H,2,6H2,1H3/b4-3-,7-5-. The maximum Gasteiger partial charge on any atom is 0.335 e. The van der Waals surface area contributed by atoms with E-state index < -0.39 is 11.9 Å². The molecular weight excluding hydrogens is 172 g/mol. The number of carbonyl (C=O) groups excluding carboxylic acids is 2. The molecule has 0 saturated heterocycles. The van der Waals surface area contributed by atoms with Crippen LogP contribution in [-0.4, -0.2) is 18.5 Å². The molecule has 70 valence electrons. The number of esters is 2. The van der Waals surface area contributed by atoms with Crippen LogP contribution in [-0.2, 0) is 19.1 Å². The monoisotopic (exact) mass is 182 g/mol. The molecule has 1 heterocycles. The van der Waals surface area contributed by atoms with Crippen LogP contribution in [0, 0.1) is 0 Å². The molecule has 0 unspecified atom stereocenters. The molecule has 0 aliphatic carbocycles. The highest BCUT2D eigenvalue weighted by atomic mass is 16.5. The van der Waals surface area contributed by atoms with Gasteiger partial charge in [0.2, 0.25) is 0 Å². The number of carbonyl (C=O) groups is 2. The van der Waals surface area contributed by atoms with Gasteiger partial charge in [0.05, 0.1) is 6.26 Å². The Morgan fingerprint density at radius 1 is 1.31 bits per heavy atom. The van der Waals surface area contributed by atoms with Crippen molar-refractivity contribution >= 4 is 11.9 Å². The van der Waals surface area contributed by atoms with Crippen molar-refractivity contribution in [3.63, 3.8) is 0 Å². The van der Waals surface area contributed by atoms with Crippen LogP contribution in [0.3, 0.4) is 0 Å². The first-order valence-corrected chi connectivity index (χ1v) is 3.95. The molecule has 1 rings (SSSR count). The Morgan fingerprint density at radius 3 is 2.69 bits per heavy atom. The minimum atomic E-state index is -0.565. The topological polar surface area (TPSA) is 52.6 Å². The third-order valence-corrected chi connectivity index (χ3v) is 1.55. The molecule has 0 fully saturated rings. The van der Waals surface area contributed by atoms with E-state index >= 15 is 0 Å². The van der Waals surface area contributed by atoms with Crippen LogP contribution >= 0.6 is 0 Å². The SMILES string of the molecule is CC/C1=C/OC(=O)/C=C\C(=O)OC1. The molecule has 13 heavy (non-hydrogen) atoms. The molecule has 0 bridgehead atoms. The molecule has 0 aromatic carbocycles. The van der Waals surface area contributed by atoms with E-state index in [4.69, 9.17) is 9.47 Å². The van der Waals surface area contributed by atoms with E-state index in [9.17, 15) is 9.59 Å². The van der Waals surface area contributed by atoms with E-state index in [0.717, 1.165) is 17.7 Å². The predicted molar refractivity (Wildman–Crippen MR) is 44.6 cm³/mol. The summed E-state index contributed by atoms with van der Waals surface area (Å²) < 4.78 is 9.48. The lowest BCUT2D eigenvalue weighted by Crippen LogP contribution is -2.03. The Kier molecular flexibility index (Phi) is 3.25. The van der Waals surface area contributed by atoms with Gasteiger partial charge in [0, 0.05) is 17.7 Å². The van der Waals surface area contributed by atoms with Crippen molar-refractivity contribution in [3.8, 4) is 0 Å². The van der Waals surface area contributed by atoms with Gasteiger partial charge < -0.3 is 9.47 Å². The molecule has 4 nitrogen and oxygen atoms in total. The van der Waals surface area contributed by atoms with E-state index in [1.807, 2.05) is 6.92 Å². The summed E-state index contributed by atoms with van der Waals surface area (Å²) in [6.45, 7) is 2.06. The lowest BCUT2D eigenvalue weighted by molar-refractivity contribution is -0.137. The van der Waals surface area contributed by atoms with Gasteiger partial charge in [0.1, 0.15) is 6.61 Å². The fourth-order valence-electron chi connectivity index (χ4n) is 0.748. The Labute approximate surface area is 75.8 Å². The van der Waals surface area contributed by atoms with E-state index in [1.54, 1.807) is 0 Å². The van der Waals surface area contributed by atoms with Gasteiger partial charge in [-0.25, -0.2) is 9.59 Å². The van der Waals surface area contributed by atoms with Gasteiger partial charge in [-0.2, -0.15) is 0 Å². The molecule has 0 amide bonds.